The number of hydrogen-bond donors (Lipinski definition) is 14. The lowest BCUT2D eigenvalue weighted by Gasteiger charge is -2.45. The molecule has 0 aromatic carbocycles. The molecule has 0 aliphatic carbocycles. The van der Waals surface area contributed by atoms with Gasteiger partial charge >= 0.3 is 5.97 Å². The van der Waals surface area contributed by atoms with Crippen LogP contribution in [0, 0.1) is 0 Å². The van der Waals surface area contributed by atoms with Crippen molar-refractivity contribution in [3.63, 3.8) is 0 Å². The van der Waals surface area contributed by atoms with Crippen LogP contribution in [0.2, 0.25) is 0 Å². The van der Waals surface area contributed by atoms with Gasteiger partial charge in [0.2, 0.25) is 11.8 Å². The van der Waals surface area contributed by atoms with Crippen molar-refractivity contribution in [3.05, 3.63) is 0 Å². The molecule has 0 aromatic heterocycles. The molecule has 2 saturated heterocycles. The average Bonchev–Trinajstić information content (AvgIpc) is 3.00. The van der Waals surface area contributed by atoms with E-state index in [9.17, 15) is 70.6 Å². The third-order valence-electron chi connectivity index (χ3n) is 7.52. The smallest absolute Gasteiger partial charge is 0.364 e. The molecule has 2 aliphatic rings. The molecular formula is C25H44N2O19. The summed E-state index contributed by atoms with van der Waals surface area (Å²) in [5.74, 6) is -6.36. The molecule has 268 valence electrons. The fourth-order valence-electron chi connectivity index (χ4n) is 5.03. The minimum absolute atomic E-state index is 0.740. The zero-order valence-electron chi connectivity index (χ0n) is 24.8. The number of carbonyl (C=O) groups excluding carboxylic acids is 2. The molecule has 21 heteroatoms. The van der Waals surface area contributed by atoms with Crippen molar-refractivity contribution in [2.75, 3.05) is 26.4 Å². The maximum atomic E-state index is 12.2. The summed E-state index contributed by atoms with van der Waals surface area (Å²) in [7, 11) is 0. The first kappa shape index (κ1) is 40.0. The standard InChI is InChI=1S/C25H44N2O19/c1-8(31)26-10(4-28)21(45-23-15(27-9(2)32)20(40)19(39)14(6-30)44-23)18(38)13(35)7-43-25(24(41)42)3-11(33)16(36)22(46-25)17(37)12(34)5-29/h10-23,28-30,33-40H,3-7H2,1-2H3,(H,26,31)(H,27,32)(H,41,42)/t10-,11-,12+,13+,14+,15+,16+,17+,18-,19-,20+,21+,22+,23+,25+/m0/s1. The van der Waals surface area contributed by atoms with Gasteiger partial charge in [-0.1, -0.05) is 0 Å². The zero-order chi connectivity index (χ0) is 35.1. The van der Waals surface area contributed by atoms with Crippen LogP contribution >= 0.6 is 0 Å². The van der Waals surface area contributed by atoms with Crippen molar-refractivity contribution in [2.45, 2.75) is 112 Å². The lowest BCUT2D eigenvalue weighted by atomic mass is 9.90. The van der Waals surface area contributed by atoms with Crippen LogP contribution in [0.5, 0.6) is 0 Å². The van der Waals surface area contributed by atoms with E-state index in [0.29, 0.717) is 0 Å². The lowest BCUT2D eigenvalue weighted by Crippen LogP contribution is -2.67. The average molecular weight is 677 g/mol. The molecule has 2 amide bonds. The van der Waals surface area contributed by atoms with Gasteiger partial charge in [0.25, 0.3) is 5.79 Å². The number of aliphatic carboxylic acids is 1. The summed E-state index contributed by atoms with van der Waals surface area (Å²) in [5, 5.41) is 127. The van der Waals surface area contributed by atoms with Gasteiger partial charge in [0.05, 0.1) is 38.6 Å². The second kappa shape index (κ2) is 17.3. The number of aliphatic hydroxyl groups excluding tert-OH is 11. The molecular weight excluding hydrogens is 632 g/mol. The molecule has 0 aromatic rings. The van der Waals surface area contributed by atoms with Crippen LogP contribution < -0.4 is 10.6 Å². The van der Waals surface area contributed by atoms with E-state index in [1.807, 2.05) is 0 Å². The van der Waals surface area contributed by atoms with Gasteiger partial charge in [0.1, 0.15) is 67.1 Å². The van der Waals surface area contributed by atoms with Crippen LogP contribution in [-0.4, -0.2) is 197 Å². The molecule has 0 bridgehead atoms. The Morgan fingerprint density at radius 1 is 0.913 bits per heavy atom. The first-order chi connectivity index (χ1) is 21.4. The second-order valence-electron chi connectivity index (χ2n) is 11.0. The van der Waals surface area contributed by atoms with E-state index in [1.54, 1.807) is 0 Å². The van der Waals surface area contributed by atoms with E-state index in [0.717, 1.165) is 13.8 Å². The van der Waals surface area contributed by atoms with Crippen LogP contribution in [0.1, 0.15) is 20.3 Å². The number of carbonyl (C=O) groups is 3. The van der Waals surface area contributed by atoms with E-state index >= 15 is 0 Å². The normalized spacial score (nSPS) is 35.7. The van der Waals surface area contributed by atoms with Gasteiger partial charge in [-0.15, -0.1) is 0 Å². The summed E-state index contributed by atoms with van der Waals surface area (Å²) < 4.78 is 21.6. The lowest BCUT2D eigenvalue weighted by molar-refractivity contribution is -0.333. The van der Waals surface area contributed by atoms with Crippen molar-refractivity contribution >= 4 is 17.8 Å². The number of amides is 2. The summed E-state index contributed by atoms with van der Waals surface area (Å²) >= 11 is 0. The van der Waals surface area contributed by atoms with E-state index < -0.39 is 142 Å². The minimum atomic E-state index is -2.91. The Morgan fingerprint density at radius 3 is 2.04 bits per heavy atom. The van der Waals surface area contributed by atoms with Crippen LogP contribution in [0.25, 0.3) is 0 Å². The summed E-state index contributed by atoms with van der Waals surface area (Å²) in [6, 6.07) is -3.12. The highest BCUT2D eigenvalue weighted by atomic mass is 16.7. The molecule has 46 heavy (non-hydrogen) atoms. The first-order valence-corrected chi connectivity index (χ1v) is 14.1. The third kappa shape index (κ3) is 9.46. The Morgan fingerprint density at radius 2 is 1.54 bits per heavy atom. The topological polar surface area (TPSA) is 355 Å². The molecule has 2 aliphatic heterocycles. The van der Waals surface area contributed by atoms with E-state index in [-0.39, 0.29) is 0 Å². The Labute approximate surface area is 261 Å². The quantitative estimate of drug-likeness (QED) is 0.0721. The van der Waals surface area contributed by atoms with Gasteiger partial charge in [-0.2, -0.15) is 0 Å². The van der Waals surface area contributed by atoms with Crippen molar-refractivity contribution in [2.24, 2.45) is 0 Å². The van der Waals surface area contributed by atoms with Gasteiger partial charge in [-0.05, 0) is 0 Å². The Balaban J connectivity index is 2.38. The summed E-state index contributed by atoms with van der Waals surface area (Å²) in [5.41, 5.74) is 0. The van der Waals surface area contributed by atoms with Crippen LogP contribution in [0.4, 0.5) is 0 Å². The number of ether oxygens (including phenoxy) is 4. The minimum Gasteiger partial charge on any atom is -0.477 e. The SMILES string of the molecule is CC(=O)N[C@H]1[C@@H](O[C@@H]([C@@H](O)[C@H](O)CO[C@]2(C(=O)O)C[C@H](O)[C@@H](O)[C@H]([C@H](O)[C@H](O)CO)O2)[C@H](CO)NC(C)=O)O[C@H](CO)[C@H](O)[C@@H]1O. The van der Waals surface area contributed by atoms with Crippen LogP contribution in [0.15, 0.2) is 0 Å². The molecule has 15 atom stereocenters. The van der Waals surface area contributed by atoms with Gasteiger partial charge < -0.3 is 90.9 Å². The fraction of sp³-hybridized carbons (Fsp3) is 0.880. The summed E-state index contributed by atoms with van der Waals surface area (Å²) in [6.45, 7) is -1.95. The second-order valence-corrected chi connectivity index (χ2v) is 11.0. The number of aliphatic hydroxyl groups is 11. The van der Waals surface area contributed by atoms with E-state index in [1.165, 1.54) is 0 Å². The van der Waals surface area contributed by atoms with Gasteiger partial charge in [-0.3, -0.25) is 9.59 Å². The highest BCUT2D eigenvalue weighted by Crippen LogP contribution is 2.34. The molecule has 2 rings (SSSR count). The largest absolute Gasteiger partial charge is 0.477 e. The fourth-order valence-corrected chi connectivity index (χ4v) is 5.03. The predicted octanol–water partition coefficient (Wildman–Crippen LogP) is -8.44. The van der Waals surface area contributed by atoms with Crippen molar-refractivity contribution in [3.8, 4) is 0 Å². The van der Waals surface area contributed by atoms with Gasteiger partial charge in [0, 0.05) is 20.3 Å². The number of carboxylic acids is 1. The predicted molar refractivity (Wildman–Crippen MR) is 144 cm³/mol. The molecule has 0 unspecified atom stereocenters. The maximum absolute atomic E-state index is 12.2. The van der Waals surface area contributed by atoms with Crippen LogP contribution in [-0.2, 0) is 33.3 Å². The number of rotatable bonds is 16. The molecule has 0 radical (unpaired) electrons. The van der Waals surface area contributed by atoms with Gasteiger partial charge in [0.15, 0.2) is 6.29 Å². The Bertz CT molecular complexity index is 1010. The molecule has 2 heterocycles. The molecule has 0 spiro atoms. The van der Waals surface area contributed by atoms with Crippen LogP contribution in [0.3, 0.4) is 0 Å². The summed E-state index contributed by atoms with van der Waals surface area (Å²) in [4.78, 5) is 35.9. The first-order valence-electron chi connectivity index (χ1n) is 14.1. The monoisotopic (exact) mass is 676 g/mol. The zero-order valence-corrected chi connectivity index (χ0v) is 24.8. The molecule has 0 saturated carbocycles. The summed E-state index contributed by atoms with van der Waals surface area (Å²) in [6.07, 6.45) is -24.2. The Hall–Kier alpha value is -2.19. The highest BCUT2D eigenvalue weighted by Gasteiger charge is 2.56. The molecule has 21 nitrogen and oxygen atoms in total. The molecule has 2 fully saturated rings. The highest BCUT2D eigenvalue weighted by molar-refractivity contribution is 5.76. The van der Waals surface area contributed by atoms with E-state index in [2.05, 4.69) is 10.6 Å². The van der Waals surface area contributed by atoms with Crippen molar-refractivity contribution in [1.82, 2.24) is 10.6 Å². The van der Waals surface area contributed by atoms with Crippen molar-refractivity contribution in [1.29, 1.82) is 0 Å². The Kier molecular flexibility index (Phi) is 15.0. The maximum Gasteiger partial charge on any atom is 0.364 e. The number of carboxylic acid groups (broad SMARTS) is 1. The van der Waals surface area contributed by atoms with E-state index in [4.69, 9.17) is 24.1 Å². The third-order valence-corrected chi connectivity index (χ3v) is 7.52. The molecule has 14 N–H and O–H groups in total. The number of hydrogen-bond acceptors (Lipinski definition) is 18. The number of nitrogens with one attached hydrogen (secondary N) is 2. The van der Waals surface area contributed by atoms with Crippen molar-refractivity contribution < 1.29 is 94.6 Å². The van der Waals surface area contributed by atoms with Gasteiger partial charge in [-0.25, -0.2) is 4.79 Å².